The molecule has 1 heterocycles. The number of carbonyl (C=O) groups is 3. The van der Waals surface area contributed by atoms with Gasteiger partial charge in [0.25, 0.3) is 11.8 Å². The summed E-state index contributed by atoms with van der Waals surface area (Å²) in [5.74, 6) is -0.363. The Morgan fingerprint density at radius 1 is 1.06 bits per heavy atom. The van der Waals surface area contributed by atoms with Gasteiger partial charge < -0.3 is 15.5 Å². The smallest absolute Gasteiger partial charge is 0.276 e. The molecule has 3 rings (SSSR count). The Kier molecular flexibility index (Phi) is 7.38. The molecule has 166 valence electrons. The Bertz CT molecular complexity index is 912. The largest absolute Gasteiger partial charge is 0.349 e. The van der Waals surface area contributed by atoms with Crippen LogP contribution < -0.4 is 10.6 Å². The van der Waals surface area contributed by atoms with E-state index in [1.165, 1.54) is 6.92 Å². The number of benzene rings is 1. The predicted octanol–water partition coefficient (Wildman–Crippen LogP) is 2.63. The van der Waals surface area contributed by atoms with E-state index in [1.54, 1.807) is 40.0 Å². The van der Waals surface area contributed by atoms with Crippen molar-refractivity contribution in [2.24, 2.45) is 0 Å². The van der Waals surface area contributed by atoms with Crippen molar-refractivity contribution in [2.75, 3.05) is 18.4 Å². The van der Waals surface area contributed by atoms with E-state index in [1.807, 2.05) is 13.8 Å². The highest BCUT2D eigenvalue weighted by atomic mass is 16.2. The Morgan fingerprint density at radius 2 is 1.71 bits per heavy atom. The topological polar surface area (TPSA) is 109 Å². The molecule has 0 unspecified atom stereocenters. The van der Waals surface area contributed by atoms with Crippen LogP contribution >= 0.6 is 0 Å². The highest BCUT2D eigenvalue weighted by molar-refractivity contribution is 5.95. The van der Waals surface area contributed by atoms with Gasteiger partial charge in [-0.1, -0.05) is 5.21 Å². The van der Waals surface area contributed by atoms with Gasteiger partial charge >= 0.3 is 0 Å². The van der Waals surface area contributed by atoms with Gasteiger partial charge in [-0.15, -0.1) is 5.10 Å². The fraction of sp³-hybridized carbons (Fsp3) is 0.500. The van der Waals surface area contributed by atoms with Gasteiger partial charge in [0.05, 0.1) is 12.2 Å². The van der Waals surface area contributed by atoms with Gasteiger partial charge in [0, 0.05) is 37.3 Å². The lowest BCUT2D eigenvalue weighted by Crippen LogP contribution is -2.38. The molecule has 3 amide bonds. The van der Waals surface area contributed by atoms with Crippen LogP contribution in [-0.4, -0.2) is 56.7 Å². The average Bonchev–Trinajstić information content (AvgIpc) is 3.25. The number of hydrogen-bond acceptors (Lipinski definition) is 5. The number of anilines is 1. The van der Waals surface area contributed by atoms with Gasteiger partial charge in [-0.05, 0) is 63.8 Å². The Labute approximate surface area is 182 Å². The first kappa shape index (κ1) is 22.5. The summed E-state index contributed by atoms with van der Waals surface area (Å²) in [4.78, 5) is 37.8. The molecule has 0 radical (unpaired) electrons. The van der Waals surface area contributed by atoms with Gasteiger partial charge in [-0.3, -0.25) is 14.4 Å². The maximum absolute atomic E-state index is 12.5. The van der Waals surface area contributed by atoms with Crippen molar-refractivity contribution in [1.29, 1.82) is 0 Å². The van der Waals surface area contributed by atoms with Crippen molar-refractivity contribution in [1.82, 2.24) is 25.2 Å². The zero-order chi connectivity index (χ0) is 22.4. The van der Waals surface area contributed by atoms with Gasteiger partial charge in [0.2, 0.25) is 5.91 Å². The molecule has 2 N–H and O–H groups in total. The summed E-state index contributed by atoms with van der Waals surface area (Å²) in [5.41, 5.74) is 1.60. The molecule has 9 heteroatoms. The lowest BCUT2D eigenvalue weighted by molar-refractivity contribution is -0.114. The molecule has 1 fully saturated rings. The molecule has 2 aromatic rings. The third-order valence-electron chi connectivity index (χ3n) is 5.65. The fourth-order valence-electron chi connectivity index (χ4n) is 3.89. The lowest BCUT2D eigenvalue weighted by atomic mass is 9.91. The number of aromatic nitrogens is 3. The van der Waals surface area contributed by atoms with Crippen molar-refractivity contribution in [3.8, 4) is 0 Å². The molecule has 0 bridgehead atoms. The number of nitrogens with one attached hydrogen (secondary N) is 2. The first-order valence-corrected chi connectivity index (χ1v) is 10.8. The normalized spacial score (nSPS) is 18.3. The van der Waals surface area contributed by atoms with Crippen LogP contribution in [0.3, 0.4) is 0 Å². The highest BCUT2D eigenvalue weighted by Gasteiger charge is 2.26. The summed E-state index contributed by atoms with van der Waals surface area (Å²) in [7, 11) is 0. The molecule has 0 spiro atoms. The second-order valence-electron chi connectivity index (χ2n) is 7.80. The standard InChI is InChI=1S/C22H30N6O3/c1-4-27(5-2)22(31)20-14-28(26-25-20)19-12-10-18(11-13-19)24-21(30)16-6-8-17(9-7-16)23-15(3)29/h6-9,14,18-19H,4-5,10-13H2,1-3H3,(H,23,29)(H,24,30). The van der Waals surface area contributed by atoms with E-state index < -0.39 is 0 Å². The van der Waals surface area contributed by atoms with Gasteiger partial charge in [-0.2, -0.15) is 0 Å². The van der Waals surface area contributed by atoms with Crippen molar-refractivity contribution in [3.05, 3.63) is 41.7 Å². The maximum atomic E-state index is 12.5. The Hall–Kier alpha value is -3.23. The van der Waals surface area contributed by atoms with E-state index in [2.05, 4.69) is 20.9 Å². The van der Waals surface area contributed by atoms with E-state index >= 15 is 0 Å². The van der Waals surface area contributed by atoms with Crippen molar-refractivity contribution >= 4 is 23.4 Å². The molecule has 9 nitrogen and oxygen atoms in total. The van der Waals surface area contributed by atoms with Crippen LogP contribution in [0.4, 0.5) is 5.69 Å². The van der Waals surface area contributed by atoms with Crippen molar-refractivity contribution in [3.63, 3.8) is 0 Å². The summed E-state index contributed by atoms with van der Waals surface area (Å²) in [6.07, 6.45) is 5.11. The van der Waals surface area contributed by atoms with Gasteiger partial charge in [-0.25, -0.2) is 4.68 Å². The molecule has 0 atom stereocenters. The number of rotatable bonds is 7. The molecule has 0 aliphatic heterocycles. The number of amides is 3. The predicted molar refractivity (Wildman–Crippen MR) is 117 cm³/mol. The van der Waals surface area contributed by atoms with Gasteiger partial charge in [0.15, 0.2) is 5.69 Å². The zero-order valence-corrected chi connectivity index (χ0v) is 18.3. The fourth-order valence-corrected chi connectivity index (χ4v) is 3.89. The molecular formula is C22H30N6O3. The molecule has 1 aromatic heterocycles. The molecule has 0 saturated heterocycles. The number of carbonyl (C=O) groups excluding carboxylic acids is 3. The SMILES string of the molecule is CCN(CC)C(=O)c1cn(C2CCC(NC(=O)c3ccc(NC(C)=O)cc3)CC2)nn1. The number of nitrogens with zero attached hydrogens (tertiary/aromatic N) is 4. The second-order valence-corrected chi connectivity index (χ2v) is 7.80. The monoisotopic (exact) mass is 426 g/mol. The average molecular weight is 427 g/mol. The van der Waals surface area contributed by atoms with Gasteiger partial charge in [0.1, 0.15) is 0 Å². The van der Waals surface area contributed by atoms with Crippen molar-refractivity contribution in [2.45, 2.75) is 58.5 Å². The van der Waals surface area contributed by atoms with Crippen LogP contribution in [0.15, 0.2) is 30.5 Å². The first-order valence-electron chi connectivity index (χ1n) is 10.8. The second kappa shape index (κ2) is 10.2. The minimum absolute atomic E-state index is 0.0956. The molecular weight excluding hydrogens is 396 g/mol. The molecule has 1 aliphatic carbocycles. The summed E-state index contributed by atoms with van der Waals surface area (Å²) in [6, 6.07) is 7.12. The van der Waals surface area contributed by atoms with Crippen LogP contribution in [0.1, 0.15) is 73.3 Å². The van der Waals surface area contributed by atoms with E-state index in [4.69, 9.17) is 0 Å². The van der Waals surface area contributed by atoms with E-state index in [0.29, 0.717) is 30.0 Å². The molecule has 1 aliphatic rings. The Morgan fingerprint density at radius 3 is 2.29 bits per heavy atom. The number of hydrogen-bond donors (Lipinski definition) is 2. The highest BCUT2D eigenvalue weighted by Crippen LogP contribution is 2.28. The summed E-state index contributed by atoms with van der Waals surface area (Å²) in [5, 5.41) is 14.0. The molecule has 1 saturated carbocycles. The van der Waals surface area contributed by atoms with E-state index in [-0.39, 0.29) is 29.8 Å². The third kappa shape index (κ3) is 5.68. The summed E-state index contributed by atoms with van der Waals surface area (Å²) >= 11 is 0. The van der Waals surface area contributed by atoms with Crippen LogP contribution in [0.2, 0.25) is 0 Å². The quantitative estimate of drug-likeness (QED) is 0.707. The molecule has 1 aromatic carbocycles. The van der Waals surface area contributed by atoms with Crippen LogP contribution in [0, 0.1) is 0 Å². The van der Waals surface area contributed by atoms with Crippen molar-refractivity contribution < 1.29 is 14.4 Å². The first-order chi connectivity index (χ1) is 14.9. The minimum atomic E-state index is -0.147. The Balaban J connectivity index is 1.51. The summed E-state index contributed by atoms with van der Waals surface area (Å²) < 4.78 is 1.79. The van der Waals surface area contributed by atoms with Crippen LogP contribution in [0.5, 0.6) is 0 Å². The maximum Gasteiger partial charge on any atom is 0.276 e. The van der Waals surface area contributed by atoms with E-state index in [0.717, 1.165) is 25.7 Å². The summed E-state index contributed by atoms with van der Waals surface area (Å²) in [6.45, 7) is 6.61. The van der Waals surface area contributed by atoms with Crippen LogP contribution in [-0.2, 0) is 4.79 Å². The molecule has 31 heavy (non-hydrogen) atoms. The zero-order valence-electron chi connectivity index (χ0n) is 18.3. The third-order valence-corrected chi connectivity index (χ3v) is 5.65. The lowest BCUT2D eigenvalue weighted by Gasteiger charge is -2.29. The van der Waals surface area contributed by atoms with E-state index in [9.17, 15) is 14.4 Å². The van der Waals surface area contributed by atoms with Crippen LogP contribution in [0.25, 0.3) is 0 Å². The minimum Gasteiger partial charge on any atom is -0.349 e.